The van der Waals surface area contributed by atoms with Crippen molar-refractivity contribution in [2.75, 3.05) is 0 Å². The Morgan fingerprint density at radius 2 is 0.939 bits per heavy atom. The van der Waals surface area contributed by atoms with Gasteiger partial charge in [0.05, 0.1) is 0 Å². The predicted molar refractivity (Wildman–Crippen MR) is 138 cm³/mol. The molecule has 0 amide bonds. The quantitative estimate of drug-likeness (QED) is 0.241. The van der Waals surface area contributed by atoms with Gasteiger partial charge < -0.3 is 4.74 Å². The predicted octanol–water partition coefficient (Wildman–Crippen LogP) is 9.10. The highest BCUT2D eigenvalue weighted by atomic mass is 16.5. The third-order valence-corrected chi connectivity index (χ3v) is 6.65. The highest BCUT2D eigenvalue weighted by Gasteiger charge is 2.21. The standard InChI is InChI=1S/C32H20O/c1-3-11-24-21(9-1)19-22-10-2-4-12-25(22)32(24)23-17-18-26-27-13-5-7-15-30(27)33-31-16-8-6-14-28(31)29(26)20-23/h1-20H. The van der Waals surface area contributed by atoms with Gasteiger partial charge in [0.15, 0.2) is 0 Å². The maximum Gasteiger partial charge on any atom is 0.135 e. The van der Waals surface area contributed by atoms with Crippen molar-refractivity contribution in [3.63, 3.8) is 0 Å². The van der Waals surface area contributed by atoms with Gasteiger partial charge in [0, 0.05) is 11.1 Å². The second-order valence-electron chi connectivity index (χ2n) is 8.55. The summed E-state index contributed by atoms with van der Waals surface area (Å²) in [5, 5.41) is 5.06. The maximum atomic E-state index is 6.37. The van der Waals surface area contributed by atoms with Crippen LogP contribution in [0.4, 0.5) is 0 Å². The highest BCUT2D eigenvalue weighted by molar-refractivity contribution is 6.13. The number of ether oxygens (including phenoxy) is 1. The summed E-state index contributed by atoms with van der Waals surface area (Å²) >= 11 is 0. The van der Waals surface area contributed by atoms with E-state index in [9.17, 15) is 0 Å². The van der Waals surface area contributed by atoms with Crippen molar-refractivity contribution in [1.82, 2.24) is 0 Å². The molecular formula is C32H20O. The number of hydrogen-bond acceptors (Lipinski definition) is 1. The Hall–Kier alpha value is -4.36. The smallest absolute Gasteiger partial charge is 0.135 e. The van der Waals surface area contributed by atoms with E-state index in [1.807, 2.05) is 18.2 Å². The molecule has 1 aliphatic heterocycles. The van der Waals surface area contributed by atoms with Crippen LogP contribution in [0.15, 0.2) is 121 Å². The van der Waals surface area contributed by atoms with E-state index in [4.69, 9.17) is 4.74 Å². The molecule has 1 heterocycles. The SMILES string of the molecule is c1ccc2c(c1)Oc1ccccc1-c1cc(-c3c4ccccc4cc4ccccc34)ccc1-2. The van der Waals surface area contributed by atoms with Crippen molar-refractivity contribution in [1.29, 1.82) is 0 Å². The second-order valence-corrected chi connectivity index (χ2v) is 8.55. The molecule has 7 rings (SSSR count). The molecule has 0 radical (unpaired) electrons. The van der Waals surface area contributed by atoms with Crippen molar-refractivity contribution in [2.24, 2.45) is 0 Å². The molecule has 154 valence electrons. The lowest BCUT2D eigenvalue weighted by molar-refractivity contribution is 0.488. The molecule has 33 heavy (non-hydrogen) atoms. The molecular weight excluding hydrogens is 400 g/mol. The molecule has 1 aliphatic rings. The zero-order chi connectivity index (χ0) is 21.8. The Bertz CT molecular complexity index is 1640. The molecule has 0 unspecified atom stereocenters. The van der Waals surface area contributed by atoms with Gasteiger partial charge in [0.2, 0.25) is 0 Å². The van der Waals surface area contributed by atoms with E-state index in [2.05, 4.69) is 103 Å². The van der Waals surface area contributed by atoms with Gasteiger partial charge in [-0.25, -0.2) is 0 Å². The van der Waals surface area contributed by atoms with E-state index in [1.54, 1.807) is 0 Å². The molecule has 0 saturated carbocycles. The molecule has 0 fully saturated rings. The molecule has 0 bridgehead atoms. The van der Waals surface area contributed by atoms with E-state index >= 15 is 0 Å². The van der Waals surface area contributed by atoms with Crippen molar-refractivity contribution in [2.45, 2.75) is 0 Å². The van der Waals surface area contributed by atoms with E-state index in [0.717, 1.165) is 22.6 Å². The van der Waals surface area contributed by atoms with Crippen LogP contribution in [-0.2, 0) is 0 Å². The number of hydrogen-bond donors (Lipinski definition) is 0. The van der Waals surface area contributed by atoms with Crippen LogP contribution in [0.1, 0.15) is 0 Å². The summed E-state index contributed by atoms with van der Waals surface area (Å²) in [5.74, 6) is 1.79. The third-order valence-electron chi connectivity index (χ3n) is 6.65. The van der Waals surface area contributed by atoms with E-state index in [0.29, 0.717) is 0 Å². The zero-order valence-electron chi connectivity index (χ0n) is 18.0. The summed E-state index contributed by atoms with van der Waals surface area (Å²) in [6.45, 7) is 0. The molecule has 0 N–H and O–H groups in total. The number of fused-ring (bicyclic) bond motifs is 7. The monoisotopic (exact) mass is 420 g/mol. The Morgan fingerprint density at radius 1 is 0.394 bits per heavy atom. The second kappa shape index (κ2) is 7.08. The zero-order valence-corrected chi connectivity index (χ0v) is 18.0. The van der Waals surface area contributed by atoms with Crippen molar-refractivity contribution in [3.8, 4) is 44.9 Å². The van der Waals surface area contributed by atoms with Crippen LogP contribution in [0, 0.1) is 0 Å². The fourth-order valence-corrected chi connectivity index (χ4v) is 5.16. The third kappa shape index (κ3) is 2.79. The van der Waals surface area contributed by atoms with Gasteiger partial charge in [0.25, 0.3) is 0 Å². The minimum Gasteiger partial charge on any atom is -0.456 e. The molecule has 0 spiro atoms. The van der Waals surface area contributed by atoms with Gasteiger partial charge in [0.1, 0.15) is 11.5 Å². The first-order valence-corrected chi connectivity index (χ1v) is 11.3. The lowest BCUT2D eigenvalue weighted by atomic mass is 9.87. The Labute approximate surface area is 192 Å². The summed E-state index contributed by atoms with van der Waals surface area (Å²) < 4.78 is 6.37. The fourth-order valence-electron chi connectivity index (χ4n) is 5.16. The fraction of sp³-hybridized carbons (Fsp3) is 0. The van der Waals surface area contributed by atoms with Crippen LogP contribution in [0.25, 0.3) is 54.9 Å². The first-order chi connectivity index (χ1) is 16.4. The van der Waals surface area contributed by atoms with E-state index < -0.39 is 0 Å². The van der Waals surface area contributed by atoms with Crippen LogP contribution < -0.4 is 4.74 Å². The summed E-state index contributed by atoms with van der Waals surface area (Å²) in [5.41, 5.74) is 7.14. The minimum atomic E-state index is 0.892. The van der Waals surface area contributed by atoms with Crippen LogP contribution in [0.5, 0.6) is 11.5 Å². The Morgan fingerprint density at radius 3 is 1.61 bits per heavy atom. The molecule has 6 aromatic rings. The van der Waals surface area contributed by atoms with Crippen molar-refractivity contribution in [3.05, 3.63) is 121 Å². The molecule has 6 aromatic carbocycles. The molecule has 0 atom stereocenters. The molecule has 1 nitrogen and oxygen atoms in total. The summed E-state index contributed by atoms with van der Waals surface area (Å²) in [6, 6.07) is 43.1. The lowest BCUT2D eigenvalue weighted by Crippen LogP contribution is -1.89. The summed E-state index contributed by atoms with van der Waals surface area (Å²) in [6.07, 6.45) is 0. The molecule has 0 aliphatic carbocycles. The topological polar surface area (TPSA) is 9.23 Å². The van der Waals surface area contributed by atoms with E-state index in [1.165, 1.54) is 43.8 Å². The average molecular weight is 421 g/mol. The van der Waals surface area contributed by atoms with Crippen LogP contribution in [0.2, 0.25) is 0 Å². The summed E-state index contributed by atoms with van der Waals surface area (Å²) in [7, 11) is 0. The molecule has 1 heteroatoms. The van der Waals surface area contributed by atoms with Crippen LogP contribution in [-0.4, -0.2) is 0 Å². The normalized spacial score (nSPS) is 11.9. The van der Waals surface area contributed by atoms with Crippen LogP contribution in [0.3, 0.4) is 0 Å². The van der Waals surface area contributed by atoms with Gasteiger partial charge in [-0.1, -0.05) is 97.1 Å². The average Bonchev–Trinajstić information content (AvgIpc) is 3.01. The first-order valence-electron chi connectivity index (χ1n) is 11.3. The first kappa shape index (κ1) is 18.2. The highest BCUT2D eigenvalue weighted by Crippen LogP contribution is 2.48. The number of benzene rings is 6. The lowest BCUT2D eigenvalue weighted by Gasteiger charge is -2.15. The van der Waals surface area contributed by atoms with Gasteiger partial charge in [-0.2, -0.15) is 0 Å². The Kier molecular flexibility index (Phi) is 3.91. The minimum absolute atomic E-state index is 0.892. The summed E-state index contributed by atoms with van der Waals surface area (Å²) in [4.78, 5) is 0. The Balaban J connectivity index is 1.59. The van der Waals surface area contributed by atoms with Gasteiger partial charge in [-0.15, -0.1) is 0 Å². The van der Waals surface area contributed by atoms with Crippen molar-refractivity contribution >= 4 is 21.5 Å². The van der Waals surface area contributed by atoms with Gasteiger partial charge in [-0.05, 0) is 68.1 Å². The van der Waals surface area contributed by atoms with E-state index in [-0.39, 0.29) is 0 Å². The van der Waals surface area contributed by atoms with Crippen LogP contribution >= 0.6 is 0 Å². The largest absolute Gasteiger partial charge is 0.456 e. The van der Waals surface area contributed by atoms with Crippen molar-refractivity contribution < 1.29 is 4.74 Å². The van der Waals surface area contributed by atoms with Gasteiger partial charge >= 0.3 is 0 Å². The number of para-hydroxylation sites is 2. The maximum absolute atomic E-state index is 6.37. The van der Waals surface area contributed by atoms with Gasteiger partial charge in [-0.3, -0.25) is 0 Å². The molecule has 0 saturated heterocycles. The molecule has 0 aromatic heterocycles. The number of rotatable bonds is 1.